The highest BCUT2D eigenvalue weighted by Gasteiger charge is 2.21. The van der Waals surface area contributed by atoms with Gasteiger partial charge < -0.3 is 14.6 Å². The Balaban J connectivity index is 2.04. The number of rotatable bonds is 4. The minimum Gasteiger partial charge on any atom is -0.495 e. The van der Waals surface area contributed by atoms with E-state index in [4.69, 9.17) is 4.74 Å². The minimum atomic E-state index is -0.562. The van der Waals surface area contributed by atoms with E-state index < -0.39 is 10.8 Å². The maximum absolute atomic E-state index is 12.7. The Hall–Kier alpha value is -3.27. The van der Waals surface area contributed by atoms with Crippen molar-refractivity contribution in [3.63, 3.8) is 0 Å². The van der Waals surface area contributed by atoms with Gasteiger partial charge in [0, 0.05) is 19.2 Å². The number of aryl methyl sites for hydroxylation is 2. The highest BCUT2D eigenvalue weighted by atomic mass is 32.1. The fourth-order valence-corrected chi connectivity index (χ4v) is 3.55. The highest BCUT2D eigenvalue weighted by Crippen LogP contribution is 2.31. The van der Waals surface area contributed by atoms with Gasteiger partial charge in [0.15, 0.2) is 0 Å². The van der Waals surface area contributed by atoms with Crippen LogP contribution >= 0.6 is 11.3 Å². The molecule has 10 heteroatoms. The van der Waals surface area contributed by atoms with Crippen molar-refractivity contribution in [3.05, 3.63) is 55.4 Å². The van der Waals surface area contributed by atoms with Gasteiger partial charge in [-0.25, -0.2) is 4.98 Å². The molecule has 0 aliphatic rings. The van der Waals surface area contributed by atoms with Gasteiger partial charge in [0.05, 0.1) is 34.3 Å². The second-order valence-electron chi connectivity index (χ2n) is 5.49. The van der Waals surface area contributed by atoms with Gasteiger partial charge in [-0.2, -0.15) is 0 Å². The van der Waals surface area contributed by atoms with E-state index in [1.54, 1.807) is 14.0 Å². The molecule has 0 unspecified atom stereocenters. The Morgan fingerprint density at radius 1 is 1.42 bits per heavy atom. The number of non-ortho nitro benzene ring substituents is 1. The molecule has 0 atom stereocenters. The number of methoxy groups -OCH3 is 1. The number of carbonyl (C=O) groups is 1. The van der Waals surface area contributed by atoms with Crippen LogP contribution in [-0.4, -0.2) is 27.5 Å². The zero-order valence-corrected chi connectivity index (χ0v) is 14.9. The van der Waals surface area contributed by atoms with E-state index in [1.807, 2.05) is 0 Å². The third kappa shape index (κ3) is 2.90. The summed E-state index contributed by atoms with van der Waals surface area (Å²) in [5.41, 5.74) is 0.269. The van der Waals surface area contributed by atoms with Crippen LogP contribution in [0.25, 0.3) is 10.2 Å². The SMILES string of the molecule is COc1ccc([N+](=O)[O-])cc1NC(=O)c1sc2ncn(C)c(=O)c2c1C. The zero-order valence-electron chi connectivity index (χ0n) is 14.1. The molecule has 0 saturated heterocycles. The number of benzene rings is 1. The second kappa shape index (κ2) is 6.56. The van der Waals surface area contributed by atoms with E-state index in [1.165, 1.54) is 36.2 Å². The fourth-order valence-electron chi connectivity index (χ4n) is 2.51. The smallest absolute Gasteiger partial charge is 0.271 e. The summed E-state index contributed by atoms with van der Waals surface area (Å²) in [7, 11) is 2.98. The number of nitrogens with zero attached hydrogens (tertiary/aromatic N) is 3. The lowest BCUT2D eigenvalue weighted by Crippen LogP contribution is -2.17. The minimum absolute atomic E-state index is 0.171. The summed E-state index contributed by atoms with van der Waals surface area (Å²) < 4.78 is 6.48. The summed E-state index contributed by atoms with van der Waals surface area (Å²) in [5.74, 6) is -0.205. The average molecular weight is 374 g/mol. The Labute approximate surface area is 151 Å². The fraction of sp³-hybridized carbons (Fsp3) is 0.188. The molecular weight excluding hydrogens is 360 g/mol. The number of nitro groups is 1. The number of aromatic nitrogens is 2. The van der Waals surface area contributed by atoms with Crippen LogP contribution in [0.4, 0.5) is 11.4 Å². The van der Waals surface area contributed by atoms with Crippen molar-refractivity contribution >= 4 is 38.8 Å². The van der Waals surface area contributed by atoms with Crippen LogP contribution < -0.4 is 15.6 Å². The van der Waals surface area contributed by atoms with Crippen LogP contribution in [0.1, 0.15) is 15.2 Å². The summed E-state index contributed by atoms with van der Waals surface area (Å²) in [6, 6.07) is 3.91. The standard InChI is InChI=1S/C16H14N4O5S/c1-8-12-15(17-7-19(2)16(12)22)26-13(8)14(21)18-10-6-9(20(23)24)4-5-11(10)25-3/h4-7H,1-3H3,(H,18,21). The van der Waals surface area contributed by atoms with Gasteiger partial charge in [-0.05, 0) is 18.6 Å². The summed E-state index contributed by atoms with van der Waals surface area (Å²) in [5, 5.41) is 14.0. The molecule has 134 valence electrons. The summed E-state index contributed by atoms with van der Waals surface area (Å²) in [4.78, 5) is 40.3. The molecule has 3 rings (SSSR count). The number of amides is 1. The molecule has 1 N–H and O–H groups in total. The van der Waals surface area contributed by atoms with Crippen LogP contribution in [0.5, 0.6) is 5.75 Å². The van der Waals surface area contributed by atoms with E-state index in [-0.39, 0.29) is 22.7 Å². The van der Waals surface area contributed by atoms with Crippen molar-refractivity contribution in [3.8, 4) is 5.75 Å². The number of ether oxygens (including phenoxy) is 1. The van der Waals surface area contributed by atoms with Crippen molar-refractivity contribution in [1.82, 2.24) is 9.55 Å². The van der Waals surface area contributed by atoms with E-state index in [0.29, 0.717) is 20.7 Å². The third-order valence-electron chi connectivity index (χ3n) is 3.86. The molecule has 0 fully saturated rings. The third-order valence-corrected chi connectivity index (χ3v) is 5.06. The van der Waals surface area contributed by atoms with Crippen LogP contribution in [0, 0.1) is 17.0 Å². The van der Waals surface area contributed by atoms with Gasteiger partial charge in [0.25, 0.3) is 17.2 Å². The molecule has 2 heterocycles. The maximum Gasteiger partial charge on any atom is 0.271 e. The van der Waals surface area contributed by atoms with Crippen molar-refractivity contribution < 1.29 is 14.5 Å². The molecule has 0 bridgehead atoms. The summed E-state index contributed by atoms with van der Waals surface area (Å²) in [6.45, 7) is 1.67. The first-order valence-corrected chi connectivity index (χ1v) is 8.23. The van der Waals surface area contributed by atoms with E-state index in [2.05, 4.69) is 10.3 Å². The van der Waals surface area contributed by atoms with Gasteiger partial charge in [-0.1, -0.05) is 0 Å². The predicted octanol–water partition coefficient (Wildman–Crippen LogP) is 2.47. The molecule has 0 aliphatic carbocycles. The number of hydrogen-bond donors (Lipinski definition) is 1. The number of thiophene rings is 1. The molecule has 9 nitrogen and oxygen atoms in total. The monoisotopic (exact) mass is 374 g/mol. The quantitative estimate of drug-likeness (QED) is 0.554. The van der Waals surface area contributed by atoms with Crippen LogP contribution in [0.15, 0.2) is 29.3 Å². The van der Waals surface area contributed by atoms with Gasteiger partial charge in [-0.15, -0.1) is 11.3 Å². The number of carbonyl (C=O) groups excluding carboxylic acids is 1. The van der Waals surface area contributed by atoms with Gasteiger partial charge in [0.1, 0.15) is 10.6 Å². The molecule has 0 spiro atoms. The van der Waals surface area contributed by atoms with E-state index in [9.17, 15) is 19.7 Å². The first kappa shape index (κ1) is 17.5. The average Bonchev–Trinajstić information content (AvgIpc) is 2.95. The summed E-state index contributed by atoms with van der Waals surface area (Å²) >= 11 is 1.09. The molecule has 1 aromatic carbocycles. The number of nitro benzene ring substituents is 1. The molecule has 2 aromatic heterocycles. The number of anilines is 1. The Kier molecular flexibility index (Phi) is 4.43. The van der Waals surface area contributed by atoms with Crippen LogP contribution in [0.2, 0.25) is 0 Å². The number of fused-ring (bicyclic) bond motifs is 1. The first-order valence-electron chi connectivity index (χ1n) is 7.42. The van der Waals surface area contributed by atoms with Crippen molar-refractivity contribution in [2.24, 2.45) is 7.05 Å². The van der Waals surface area contributed by atoms with Gasteiger partial charge >= 0.3 is 0 Å². The second-order valence-corrected chi connectivity index (χ2v) is 6.49. The van der Waals surface area contributed by atoms with Crippen molar-refractivity contribution in [2.75, 3.05) is 12.4 Å². The van der Waals surface area contributed by atoms with Gasteiger partial charge in [0.2, 0.25) is 0 Å². The Morgan fingerprint density at radius 3 is 2.81 bits per heavy atom. The van der Waals surface area contributed by atoms with Crippen LogP contribution in [-0.2, 0) is 7.05 Å². The van der Waals surface area contributed by atoms with E-state index >= 15 is 0 Å². The first-order chi connectivity index (χ1) is 12.3. The van der Waals surface area contributed by atoms with Gasteiger partial charge in [-0.3, -0.25) is 19.7 Å². The lowest BCUT2D eigenvalue weighted by Gasteiger charge is -2.09. The number of hydrogen-bond acceptors (Lipinski definition) is 7. The molecular formula is C16H14N4O5S. The zero-order chi connectivity index (χ0) is 19.0. The topological polar surface area (TPSA) is 116 Å². The maximum atomic E-state index is 12.7. The van der Waals surface area contributed by atoms with E-state index in [0.717, 1.165) is 11.3 Å². The largest absolute Gasteiger partial charge is 0.495 e. The molecule has 3 aromatic rings. The Bertz CT molecular complexity index is 1100. The van der Waals surface area contributed by atoms with Crippen molar-refractivity contribution in [2.45, 2.75) is 6.92 Å². The highest BCUT2D eigenvalue weighted by molar-refractivity contribution is 7.20. The summed E-state index contributed by atoms with van der Waals surface area (Å²) in [6.07, 6.45) is 1.39. The Morgan fingerprint density at radius 2 is 2.15 bits per heavy atom. The number of nitrogens with one attached hydrogen (secondary N) is 1. The predicted molar refractivity (Wildman–Crippen MR) is 97.2 cm³/mol. The van der Waals surface area contributed by atoms with Crippen LogP contribution in [0.3, 0.4) is 0 Å². The molecule has 1 amide bonds. The van der Waals surface area contributed by atoms with Crippen molar-refractivity contribution in [1.29, 1.82) is 0 Å². The molecule has 0 saturated carbocycles. The lowest BCUT2D eigenvalue weighted by molar-refractivity contribution is -0.384. The lowest BCUT2D eigenvalue weighted by atomic mass is 10.2. The molecule has 0 aliphatic heterocycles. The molecule has 26 heavy (non-hydrogen) atoms. The molecule has 0 radical (unpaired) electrons. The normalized spacial score (nSPS) is 10.7.